The predicted molar refractivity (Wildman–Crippen MR) is 43.5 cm³/mol. The molecular weight excluding hydrogens is 173 g/mol. The topological polar surface area (TPSA) is 58.9 Å². The summed E-state index contributed by atoms with van der Waals surface area (Å²) < 4.78 is 18.8. The maximum atomic E-state index is 10.8. The van der Waals surface area contributed by atoms with Gasteiger partial charge in [0.05, 0.1) is 7.11 Å². The van der Waals surface area contributed by atoms with Crippen molar-refractivity contribution in [2.75, 3.05) is 13.4 Å². The molecule has 1 N–H and O–H groups in total. The van der Waals surface area contributed by atoms with Gasteiger partial charge in [0.25, 0.3) is 0 Å². The van der Waals surface area contributed by atoms with Crippen molar-refractivity contribution < 1.29 is 14.2 Å². The molecule has 0 aliphatic heterocycles. The summed E-state index contributed by atoms with van der Waals surface area (Å²) in [6, 6.07) is 0. The van der Waals surface area contributed by atoms with Gasteiger partial charge in [0.2, 0.25) is 0 Å². The maximum absolute atomic E-state index is 10.8. The molecule has 0 fully saturated rings. The quantitative estimate of drug-likeness (QED) is 0.400. The van der Waals surface area contributed by atoms with Gasteiger partial charge >= 0.3 is 6.72 Å². The zero-order chi connectivity index (χ0) is 8.20. The smallest absolute Gasteiger partial charge is 0.371 e. The van der Waals surface area contributed by atoms with E-state index in [0.717, 1.165) is 11.4 Å². The van der Waals surface area contributed by atoms with Gasteiger partial charge in [-0.25, -0.2) is 0 Å². The van der Waals surface area contributed by atoms with Gasteiger partial charge in [0.15, 0.2) is 5.90 Å². The molecule has 0 radical (unpaired) electrons. The molecule has 0 aromatic carbocycles. The van der Waals surface area contributed by atoms with Crippen LogP contribution in [0.5, 0.6) is 0 Å². The number of hydrogen-bond acceptors (Lipinski definition) is 3. The van der Waals surface area contributed by atoms with Gasteiger partial charge in [-0.05, 0) is 17.6 Å². The lowest BCUT2D eigenvalue weighted by Crippen LogP contribution is -1.92. The highest BCUT2D eigenvalue weighted by atomic mass is 32.7. The van der Waals surface area contributed by atoms with E-state index >= 15 is 0 Å². The van der Waals surface area contributed by atoms with Gasteiger partial charge in [-0.3, -0.25) is 4.57 Å². The molecule has 0 saturated heterocycles. The van der Waals surface area contributed by atoms with Crippen LogP contribution in [0, 0.1) is 0 Å². The van der Waals surface area contributed by atoms with E-state index in [-0.39, 0.29) is 5.90 Å². The molecule has 0 rings (SSSR count). The first-order valence-electron chi connectivity index (χ1n) is 2.51. The largest absolute Gasteiger partial charge is 0.484 e. The normalized spacial score (nSPS) is 18.2. The lowest BCUT2D eigenvalue weighted by Gasteiger charge is -2.01. The Labute approximate surface area is 63.9 Å². The summed E-state index contributed by atoms with van der Waals surface area (Å²) in [4.78, 5) is 8.88. The molecule has 6 heteroatoms. The van der Waals surface area contributed by atoms with E-state index in [1.807, 2.05) is 0 Å². The third kappa shape index (κ3) is 3.93. The summed E-state index contributed by atoms with van der Waals surface area (Å²) in [5, 5.41) is 0. The standard InChI is InChI=1S/C4H10NO3PS/c1-4(8-2)5-9(6,7)10-3/h1-3H3,(H,6,7). The number of methoxy groups -OCH3 is 1. The van der Waals surface area contributed by atoms with Crippen molar-refractivity contribution in [1.29, 1.82) is 0 Å². The molecule has 0 aromatic rings. The van der Waals surface area contributed by atoms with Crippen LogP contribution in [0.15, 0.2) is 4.76 Å². The van der Waals surface area contributed by atoms with E-state index in [1.54, 1.807) is 0 Å². The molecule has 4 nitrogen and oxygen atoms in total. The van der Waals surface area contributed by atoms with Gasteiger partial charge in [-0.15, -0.1) is 0 Å². The van der Waals surface area contributed by atoms with Crippen LogP contribution in [0.25, 0.3) is 0 Å². The van der Waals surface area contributed by atoms with Crippen LogP contribution in [-0.4, -0.2) is 24.2 Å². The highest BCUT2D eigenvalue weighted by Gasteiger charge is 2.13. The average Bonchev–Trinajstić information content (AvgIpc) is 1.87. The predicted octanol–water partition coefficient (Wildman–Crippen LogP) is 1.51. The third-order valence-electron chi connectivity index (χ3n) is 0.800. The molecule has 0 spiro atoms. The van der Waals surface area contributed by atoms with E-state index in [2.05, 4.69) is 9.50 Å². The Morgan fingerprint density at radius 3 is 2.60 bits per heavy atom. The molecule has 0 bridgehead atoms. The summed E-state index contributed by atoms with van der Waals surface area (Å²) in [7, 11) is 1.40. The highest BCUT2D eigenvalue weighted by molar-refractivity contribution is 8.55. The Bertz CT molecular complexity index is 181. The fourth-order valence-electron chi connectivity index (χ4n) is 0.260. The Balaban J connectivity index is 4.24. The molecule has 0 aliphatic carbocycles. The van der Waals surface area contributed by atoms with E-state index in [4.69, 9.17) is 4.89 Å². The number of nitrogens with zero attached hydrogens (tertiary/aromatic N) is 1. The second-order valence-corrected chi connectivity index (χ2v) is 5.57. The van der Waals surface area contributed by atoms with Crippen molar-refractivity contribution >= 4 is 24.0 Å². The van der Waals surface area contributed by atoms with Crippen molar-refractivity contribution in [3.8, 4) is 0 Å². The first-order chi connectivity index (χ1) is 4.52. The minimum Gasteiger partial charge on any atom is -0.484 e. The Kier molecular flexibility index (Phi) is 4.01. The van der Waals surface area contributed by atoms with Crippen molar-refractivity contribution in [1.82, 2.24) is 0 Å². The average molecular weight is 183 g/mol. The summed E-state index contributed by atoms with van der Waals surface area (Å²) in [6.07, 6.45) is 1.52. The van der Waals surface area contributed by atoms with Crippen LogP contribution in [0.2, 0.25) is 0 Å². The van der Waals surface area contributed by atoms with Crippen LogP contribution >= 0.6 is 18.1 Å². The van der Waals surface area contributed by atoms with Gasteiger partial charge in [0.1, 0.15) is 0 Å². The minimum absolute atomic E-state index is 0.222. The van der Waals surface area contributed by atoms with Crippen molar-refractivity contribution in [3.63, 3.8) is 0 Å². The first-order valence-corrected chi connectivity index (χ1v) is 5.95. The third-order valence-corrected chi connectivity index (χ3v) is 3.48. The second kappa shape index (κ2) is 4.01. The van der Waals surface area contributed by atoms with Crippen LogP contribution in [0.4, 0.5) is 0 Å². The Morgan fingerprint density at radius 2 is 2.30 bits per heavy atom. The molecule has 1 atom stereocenters. The van der Waals surface area contributed by atoms with Gasteiger partial charge < -0.3 is 9.63 Å². The summed E-state index contributed by atoms with van der Waals surface area (Å²) in [6.45, 7) is -1.84. The highest BCUT2D eigenvalue weighted by Crippen LogP contribution is 2.54. The Morgan fingerprint density at radius 1 is 1.80 bits per heavy atom. The maximum Gasteiger partial charge on any atom is 0.371 e. The lowest BCUT2D eigenvalue weighted by atomic mass is 10.8. The molecule has 0 heterocycles. The van der Waals surface area contributed by atoms with Gasteiger partial charge in [0, 0.05) is 6.92 Å². The summed E-state index contributed by atoms with van der Waals surface area (Å²) >= 11 is 0.814. The van der Waals surface area contributed by atoms with Crippen molar-refractivity contribution in [3.05, 3.63) is 0 Å². The molecule has 0 saturated carbocycles. The molecule has 60 valence electrons. The summed E-state index contributed by atoms with van der Waals surface area (Å²) in [5.41, 5.74) is 0. The van der Waals surface area contributed by atoms with E-state index in [9.17, 15) is 4.57 Å². The van der Waals surface area contributed by atoms with E-state index < -0.39 is 6.72 Å². The SMILES string of the molecule is COC(C)=NP(=O)(O)SC. The van der Waals surface area contributed by atoms with E-state index in [0.29, 0.717) is 0 Å². The monoisotopic (exact) mass is 183 g/mol. The molecular formula is C4H10NO3PS. The van der Waals surface area contributed by atoms with E-state index in [1.165, 1.54) is 20.3 Å². The second-order valence-electron chi connectivity index (χ2n) is 1.50. The van der Waals surface area contributed by atoms with Crippen LogP contribution in [0.3, 0.4) is 0 Å². The number of ether oxygens (including phenoxy) is 1. The lowest BCUT2D eigenvalue weighted by molar-refractivity contribution is 0.399. The summed E-state index contributed by atoms with van der Waals surface area (Å²) in [5.74, 6) is 0.222. The van der Waals surface area contributed by atoms with Crippen molar-refractivity contribution in [2.45, 2.75) is 6.92 Å². The molecule has 10 heavy (non-hydrogen) atoms. The first kappa shape index (κ1) is 10.0. The Hall–Kier alpha value is 0.01000. The fraction of sp³-hybridized carbons (Fsp3) is 0.750. The molecule has 0 amide bonds. The zero-order valence-electron chi connectivity index (χ0n) is 6.07. The number of hydrogen-bond donors (Lipinski definition) is 1. The van der Waals surface area contributed by atoms with Crippen LogP contribution < -0.4 is 0 Å². The number of rotatable bonds is 2. The van der Waals surface area contributed by atoms with Crippen LogP contribution in [-0.2, 0) is 9.30 Å². The minimum atomic E-state index is -3.37. The molecule has 0 aromatic heterocycles. The van der Waals surface area contributed by atoms with Crippen LogP contribution in [0.1, 0.15) is 6.92 Å². The molecule has 1 unspecified atom stereocenters. The van der Waals surface area contributed by atoms with Gasteiger partial charge in [-0.2, -0.15) is 4.76 Å². The van der Waals surface area contributed by atoms with Crippen molar-refractivity contribution in [2.24, 2.45) is 4.76 Å². The molecule has 0 aliphatic rings. The fourth-order valence-corrected chi connectivity index (χ4v) is 1.37. The van der Waals surface area contributed by atoms with Gasteiger partial charge in [-0.1, -0.05) is 0 Å². The zero-order valence-corrected chi connectivity index (χ0v) is 7.78.